The van der Waals surface area contributed by atoms with Gasteiger partial charge in [0.25, 0.3) is 0 Å². The van der Waals surface area contributed by atoms with Crippen LogP contribution in [0.5, 0.6) is 17.2 Å². The minimum Gasteiger partial charge on any atom is -0.508 e. The third-order valence-corrected chi connectivity index (χ3v) is 4.49. The molecule has 0 amide bonds. The van der Waals surface area contributed by atoms with E-state index in [1.807, 2.05) is 0 Å². The lowest BCUT2D eigenvalue weighted by molar-refractivity contribution is -0.132. The lowest BCUT2D eigenvalue weighted by atomic mass is 9.92. The Hall–Kier alpha value is -3.42. The normalized spacial score (nSPS) is 13.5. The number of Topliss-reactive ketones (excluding diaryl/α,β-unsaturated/α-hetero) is 1. The molecule has 2 unspecified atom stereocenters. The topological polar surface area (TPSA) is 124 Å². The number of benzene rings is 2. The number of hydrogen-bond donors (Lipinski definition) is 4. The van der Waals surface area contributed by atoms with Crippen molar-refractivity contribution in [1.29, 1.82) is 0 Å². The number of ketones is 2. The van der Waals surface area contributed by atoms with Crippen LogP contribution >= 0.6 is 0 Å². The van der Waals surface area contributed by atoms with Gasteiger partial charge in [0.1, 0.15) is 17.5 Å². The molecular formula is C23H24O7. The fourth-order valence-corrected chi connectivity index (χ4v) is 2.85. The first-order valence-electron chi connectivity index (χ1n) is 9.15. The Kier molecular flexibility index (Phi) is 7.91. The zero-order chi connectivity index (χ0) is 22.3. The van der Waals surface area contributed by atoms with Crippen molar-refractivity contribution in [1.82, 2.24) is 0 Å². The number of phenolic OH excluding ortho intramolecular Hbond substituents is 1. The molecule has 0 aliphatic heterocycles. The smallest absolute Gasteiger partial charge is 0.169 e. The lowest BCUT2D eigenvalue weighted by Crippen LogP contribution is -2.31. The number of carbonyl (C=O) groups excluding carboxylic acids is 2. The predicted octanol–water partition coefficient (Wildman–Crippen LogP) is 2.46. The maximum Gasteiger partial charge on any atom is 0.169 e. The summed E-state index contributed by atoms with van der Waals surface area (Å²) in [6.45, 7) is 0.874. The first-order valence-corrected chi connectivity index (χ1v) is 9.15. The van der Waals surface area contributed by atoms with Crippen molar-refractivity contribution in [2.75, 3.05) is 7.11 Å². The highest BCUT2D eigenvalue weighted by molar-refractivity contribution is 6.09. The highest BCUT2D eigenvalue weighted by atomic mass is 16.5. The molecular weight excluding hydrogens is 388 g/mol. The van der Waals surface area contributed by atoms with E-state index in [0.29, 0.717) is 16.7 Å². The number of phenols is 2. The Balaban J connectivity index is 2.17. The Morgan fingerprint density at radius 2 is 1.67 bits per heavy atom. The van der Waals surface area contributed by atoms with Crippen LogP contribution in [0.1, 0.15) is 23.6 Å². The van der Waals surface area contributed by atoms with Crippen molar-refractivity contribution in [2.24, 2.45) is 5.92 Å². The number of carbonyl (C=O) groups is 2. The second kappa shape index (κ2) is 10.4. The highest BCUT2D eigenvalue weighted by Crippen LogP contribution is 2.27. The van der Waals surface area contributed by atoms with Gasteiger partial charge >= 0.3 is 0 Å². The van der Waals surface area contributed by atoms with Gasteiger partial charge in [0.2, 0.25) is 0 Å². The Bertz CT molecular complexity index is 976. The number of hydrogen-bond acceptors (Lipinski definition) is 7. The van der Waals surface area contributed by atoms with Gasteiger partial charge in [-0.15, -0.1) is 0 Å². The lowest BCUT2D eigenvalue weighted by Gasteiger charge is -2.15. The number of aliphatic hydroxyl groups excluding tert-OH is 2. The molecule has 2 atom stereocenters. The summed E-state index contributed by atoms with van der Waals surface area (Å²) in [6.07, 6.45) is 4.11. The Morgan fingerprint density at radius 1 is 1.03 bits per heavy atom. The SMILES string of the molecule is COc1cc(/C=C/C(=O)C(C(C)=O)C(O)/C=C/c2ccc(O)c(CO)c2)ccc1O. The summed E-state index contributed by atoms with van der Waals surface area (Å²) >= 11 is 0. The molecule has 0 bridgehead atoms. The molecule has 4 N–H and O–H groups in total. The molecule has 30 heavy (non-hydrogen) atoms. The summed E-state index contributed by atoms with van der Waals surface area (Å²) in [6, 6.07) is 9.02. The van der Waals surface area contributed by atoms with Crippen LogP contribution in [0.25, 0.3) is 12.2 Å². The van der Waals surface area contributed by atoms with Gasteiger partial charge in [-0.05, 0) is 48.4 Å². The van der Waals surface area contributed by atoms with Crippen molar-refractivity contribution < 1.29 is 34.8 Å². The van der Waals surface area contributed by atoms with Crippen molar-refractivity contribution in [3.63, 3.8) is 0 Å². The summed E-state index contributed by atoms with van der Waals surface area (Å²) in [5, 5.41) is 38.8. The molecule has 0 saturated carbocycles. The average molecular weight is 412 g/mol. The molecule has 0 fully saturated rings. The van der Waals surface area contributed by atoms with Crippen LogP contribution in [0.4, 0.5) is 0 Å². The first kappa shape index (κ1) is 22.9. The molecule has 0 aromatic heterocycles. The maximum atomic E-state index is 12.5. The minimum absolute atomic E-state index is 0.0401. The monoisotopic (exact) mass is 412 g/mol. The van der Waals surface area contributed by atoms with Gasteiger partial charge in [0, 0.05) is 5.56 Å². The van der Waals surface area contributed by atoms with Gasteiger partial charge in [-0.3, -0.25) is 9.59 Å². The first-order chi connectivity index (χ1) is 14.3. The van der Waals surface area contributed by atoms with E-state index >= 15 is 0 Å². The van der Waals surface area contributed by atoms with E-state index in [9.17, 15) is 30.0 Å². The van der Waals surface area contributed by atoms with E-state index in [1.165, 1.54) is 62.6 Å². The van der Waals surface area contributed by atoms with Crippen molar-refractivity contribution in [3.8, 4) is 17.2 Å². The molecule has 0 aliphatic rings. The summed E-state index contributed by atoms with van der Waals surface area (Å²) in [5.74, 6) is -2.21. The summed E-state index contributed by atoms with van der Waals surface area (Å²) in [5.41, 5.74) is 1.47. The van der Waals surface area contributed by atoms with Crippen LogP contribution in [0.15, 0.2) is 48.6 Å². The number of rotatable bonds is 9. The Morgan fingerprint density at radius 3 is 2.27 bits per heavy atom. The molecule has 0 radical (unpaired) electrons. The third kappa shape index (κ3) is 5.79. The average Bonchev–Trinajstić information content (AvgIpc) is 2.72. The Labute approximate surface area is 174 Å². The molecule has 0 aliphatic carbocycles. The largest absolute Gasteiger partial charge is 0.508 e. The zero-order valence-corrected chi connectivity index (χ0v) is 16.6. The molecule has 158 valence electrons. The maximum absolute atomic E-state index is 12.5. The highest BCUT2D eigenvalue weighted by Gasteiger charge is 2.27. The number of aromatic hydroxyl groups is 2. The van der Waals surface area contributed by atoms with Crippen LogP contribution in [0.3, 0.4) is 0 Å². The molecule has 2 aromatic rings. The van der Waals surface area contributed by atoms with Crippen molar-refractivity contribution in [2.45, 2.75) is 19.6 Å². The molecule has 2 rings (SSSR count). The number of allylic oxidation sites excluding steroid dienone is 1. The fourth-order valence-electron chi connectivity index (χ4n) is 2.85. The van der Waals surface area contributed by atoms with E-state index in [1.54, 1.807) is 12.1 Å². The summed E-state index contributed by atoms with van der Waals surface area (Å²) < 4.78 is 5.01. The summed E-state index contributed by atoms with van der Waals surface area (Å²) in [4.78, 5) is 24.5. The van der Waals surface area contributed by atoms with Gasteiger partial charge in [-0.2, -0.15) is 0 Å². The van der Waals surface area contributed by atoms with Crippen LogP contribution in [-0.2, 0) is 16.2 Å². The molecule has 2 aromatic carbocycles. The zero-order valence-electron chi connectivity index (χ0n) is 16.6. The van der Waals surface area contributed by atoms with Crippen LogP contribution in [0, 0.1) is 5.92 Å². The van der Waals surface area contributed by atoms with E-state index < -0.39 is 23.6 Å². The van der Waals surface area contributed by atoms with Crippen molar-refractivity contribution >= 4 is 23.7 Å². The van der Waals surface area contributed by atoms with Gasteiger partial charge in [0.15, 0.2) is 17.3 Å². The minimum atomic E-state index is -1.36. The standard InChI is InChI=1S/C23H24O7/c1-14(25)23(20(28)9-5-15-3-7-18(26)17(11-15)13-24)21(29)10-6-16-4-8-19(27)22(12-16)30-2/h3-12,20,23-24,26-28H,13H2,1-2H3/b9-5+,10-6+. The number of ether oxygens (including phenoxy) is 1. The number of methoxy groups -OCH3 is 1. The van der Waals surface area contributed by atoms with Gasteiger partial charge in [-0.1, -0.05) is 30.4 Å². The van der Waals surface area contributed by atoms with Crippen LogP contribution in [0.2, 0.25) is 0 Å². The van der Waals surface area contributed by atoms with Gasteiger partial charge < -0.3 is 25.2 Å². The molecule has 0 saturated heterocycles. The predicted molar refractivity (Wildman–Crippen MR) is 112 cm³/mol. The molecule has 0 spiro atoms. The summed E-state index contributed by atoms with van der Waals surface area (Å²) in [7, 11) is 1.40. The fraction of sp³-hybridized carbons (Fsp3) is 0.217. The van der Waals surface area contributed by atoms with Gasteiger partial charge in [0.05, 0.1) is 19.8 Å². The van der Waals surface area contributed by atoms with Gasteiger partial charge in [-0.25, -0.2) is 0 Å². The van der Waals surface area contributed by atoms with Crippen LogP contribution < -0.4 is 4.74 Å². The van der Waals surface area contributed by atoms with E-state index in [-0.39, 0.29) is 23.9 Å². The molecule has 7 heteroatoms. The van der Waals surface area contributed by atoms with Crippen LogP contribution in [-0.4, -0.2) is 45.2 Å². The second-order valence-electron chi connectivity index (χ2n) is 6.65. The van der Waals surface area contributed by atoms with Crippen molar-refractivity contribution in [3.05, 3.63) is 65.2 Å². The quantitative estimate of drug-likeness (QED) is 0.368. The molecule has 7 nitrogen and oxygen atoms in total. The van der Waals surface area contributed by atoms with E-state index in [2.05, 4.69) is 0 Å². The van der Waals surface area contributed by atoms with E-state index in [4.69, 9.17) is 4.74 Å². The second-order valence-corrected chi connectivity index (χ2v) is 6.65. The molecule has 0 heterocycles. The number of aliphatic hydroxyl groups is 2. The van der Waals surface area contributed by atoms with E-state index in [0.717, 1.165) is 0 Å². The third-order valence-electron chi connectivity index (χ3n) is 4.49.